The fourth-order valence-corrected chi connectivity index (χ4v) is 0.704. The Balaban J connectivity index is 2.84. The van der Waals surface area contributed by atoms with E-state index in [1.54, 1.807) is 12.1 Å². The number of amides is 1. The fraction of sp³-hybridized carbons (Fsp3) is 0. The summed E-state index contributed by atoms with van der Waals surface area (Å²) in [5, 5.41) is 2.93. The monoisotopic (exact) mass is 156 g/mol. The molecule has 0 unspecified atom stereocenters. The first-order chi connectivity index (χ1) is 4.83. The summed E-state index contributed by atoms with van der Waals surface area (Å²) >= 11 is 5.58. The smallest absolute Gasteiger partial charge is 0.212 e. The van der Waals surface area contributed by atoms with Gasteiger partial charge in [-0.25, -0.2) is 4.98 Å². The zero-order valence-electron chi connectivity index (χ0n) is 5.04. The average molecular weight is 157 g/mol. The molecule has 52 valence electrons. The zero-order chi connectivity index (χ0) is 7.40. The molecule has 3 nitrogen and oxygen atoms in total. The van der Waals surface area contributed by atoms with Crippen molar-refractivity contribution in [1.29, 1.82) is 0 Å². The van der Waals surface area contributed by atoms with Gasteiger partial charge in [-0.1, -0.05) is 11.6 Å². The van der Waals surface area contributed by atoms with E-state index in [0.717, 1.165) is 0 Å². The van der Waals surface area contributed by atoms with Crippen molar-refractivity contribution in [1.82, 2.24) is 4.98 Å². The number of rotatable bonds is 2. The molecule has 0 saturated heterocycles. The van der Waals surface area contributed by atoms with Gasteiger partial charge >= 0.3 is 0 Å². The second kappa shape index (κ2) is 3.17. The van der Waals surface area contributed by atoms with Gasteiger partial charge in [0.25, 0.3) is 0 Å². The van der Waals surface area contributed by atoms with Crippen LogP contribution in [0.1, 0.15) is 0 Å². The van der Waals surface area contributed by atoms with Gasteiger partial charge in [0, 0.05) is 11.2 Å². The number of halogens is 1. The molecule has 1 heterocycles. The minimum Gasteiger partial charge on any atom is -0.313 e. The van der Waals surface area contributed by atoms with Crippen LogP contribution >= 0.6 is 11.6 Å². The molecule has 0 saturated carbocycles. The van der Waals surface area contributed by atoms with Gasteiger partial charge in [0.05, 0.1) is 0 Å². The zero-order valence-corrected chi connectivity index (χ0v) is 5.80. The second-order valence-electron chi connectivity index (χ2n) is 1.62. The van der Waals surface area contributed by atoms with E-state index in [-0.39, 0.29) is 0 Å². The van der Waals surface area contributed by atoms with Crippen LogP contribution in [-0.4, -0.2) is 11.4 Å². The van der Waals surface area contributed by atoms with Crippen LogP contribution in [0.15, 0.2) is 18.3 Å². The highest BCUT2D eigenvalue weighted by Crippen LogP contribution is 2.10. The maximum atomic E-state index is 9.89. The van der Waals surface area contributed by atoms with Crippen LogP contribution in [0.4, 0.5) is 5.82 Å². The van der Waals surface area contributed by atoms with Crippen LogP contribution in [0.2, 0.25) is 5.02 Å². The summed E-state index contributed by atoms with van der Waals surface area (Å²) in [5.41, 5.74) is 0. The highest BCUT2D eigenvalue weighted by molar-refractivity contribution is 6.30. The van der Waals surface area contributed by atoms with E-state index >= 15 is 0 Å². The van der Waals surface area contributed by atoms with Crippen molar-refractivity contribution in [2.75, 3.05) is 5.32 Å². The fourth-order valence-electron chi connectivity index (χ4n) is 0.544. The number of carbonyl (C=O) groups excluding carboxylic acids is 1. The summed E-state index contributed by atoms with van der Waals surface area (Å²) in [4.78, 5) is 13.7. The molecule has 0 aliphatic heterocycles. The molecule has 0 bridgehead atoms. The lowest BCUT2D eigenvalue weighted by Crippen LogP contribution is -1.95. The van der Waals surface area contributed by atoms with E-state index in [2.05, 4.69) is 10.3 Å². The van der Waals surface area contributed by atoms with Gasteiger partial charge < -0.3 is 5.32 Å². The number of aromatic nitrogens is 1. The first kappa shape index (κ1) is 7.02. The lowest BCUT2D eigenvalue weighted by molar-refractivity contribution is -0.105. The third kappa shape index (κ3) is 1.70. The van der Waals surface area contributed by atoms with Gasteiger partial charge in [-0.05, 0) is 12.1 Å². The summed E-state index contributed by atoms with van der Waals surface area (Å²) in [7, 11) is 0. The highest BCUT2D eigenvalue weighted by Gasteiger charge is 1.90. The third-order valence-corrected chi connectivity index (χ3v) is 1.16. The summed E-state index contributed by atoms with van der Waals surface area (Å²) < 4.78 is 0. The van der Waals surface area contributed by atoms with Crippen molar-refractivity contribution in [3.8, 4) is 0 Å². The largest absolute Gasteiger partial charge is 0.313 e. The molecular weight excluding hydrogens is 152 g/mol. The lowest BCUT2D eigenvalue weighted by Gasteiger charge is -1.94. The van der Waals surface area contributed by atoms with E-state index in [1.807, 2.05) is 0 Å². The van der Waals surface area contributed by atoms with Gasteiger partial charge in [0.2, 0.25) is 6.41 Å². The number of hydrogen-bond acceptors (Lipinski definition) is 2. The number of nitrogens with one attached hydrogen (secondary N) is 1. The Morgan fingerprint density at radius 3 is 3.10 bits per heavy atom. The molecule has 1 rings (SSSR count). The predicted molar refractivity (Wildman–Crippen MR) is 38.9 cm³/mol. The quantitative estimate of drug-likeness (QED) is 0.656. The maximum absolute atomic E-state index is 9.89. The van der Waals surface area contributed by atoms with Crippen molar-refractivity contribution >= 4 is 23.8 Å². The van der Waals surface area contributed by atoms with Crippen LogP contribution in [0.25, 0.3) is 0 Å². The molecule has 1 N–H and O–H groups in total. The summed E-state index contributed by atoms with van der Waals surface area (Å²) in [6.45, 7) is 0. The minimum absolute atomic E-state index is 0.461. The number of hydrogen-bond donors (Lipinski definition) is 1. The van der Waals surface area contributed by atoms with Gasteiger partial charge in [0.15, 0.2) is 0 Å². The Kier molecular flexibility index (Phi) is 2.23. The van der Waals surface area contributed by atoms with Crippen molar-refractivity contribution < 1.29 is 4.79 Å². The van der Waals surface area contributed by atoms with Gasteiger partial charge in [-0.2, -0.15) is 0 Å². The molecule has 0 aliphatic carbocycles. The first-order valence-corrected chi connectivity index (χ1v) is 3.02. The van der Waals surface area contributed by atoms with Gasteiger partial charge in [0.1, 0.15) is 5.82 Å². The highest BCUT2D eigenvalue weighted by atomic mass is 35.5. The first-order valence-electron chi connectivity index (χ1n) is 2.64. The molecule has 0 radical (unpaired) electrons. The Bertz CT molecular complexity index is 239. The molecule has 1 amide bonds. The Hall–Kier alpha value is -1.09. The molecule has 10 heavy (non-hydrogen) atoms. The van der Waals surface area contributed by atoms with Crippen molar-refractivity contribution in [3.05, 3.63) is 23.4 Å². The van der Waals surface area contributed by atoms with Crippen LogP contribution in [0.5, 0.6) is 0 Å². The normalized spacial score (nSPS) is 8.90. The molecule has 4 heteroatoms. The summed E-state index contributed by atoms with van der Waals surface area (Å²) in [6, 6.07) is 3.20. The third-order valence-electron chi connectivity index (χ3n) is 0.929. The van der Waals surface area contributed by atoms with E-state index in [9.17, 15) is 4.79 Å². The van der Waals surface area contributed by atoms with Crippen LogP contribution in [0, 0.1) is 0 Å². The Morgan fingerprint density at radius 1 is 1.70 bits per heavy atom. The van der Waals surface area contributed by atoms with E-state index in [1.165, 1.54) is 6.20 Å². The number of anilines is 1. The van der Waals surface area contributed by atoms with Crippen LogP contribution < -0.4 is 5.32 Å². The number of carbonyl (C=O) groups is 1. The lowest BCUT2D eigenvalue weighted by atomic mass is 10.5. The summed E-state index contributed by atoms with van der Waals surface area (Å²) in [6.07, 6.45) is 2.08. The van der Waals surface area contributed by atoms with Gasteiger partial charge in [-0.15, -0.1) is 0 Å². The standard InChI is InChI=1S/C6H5ClN2O/c7-5-1-2-8-6(3-5)9-4-10/h1-4H,(H,8,9,10). The maximum Gasteiger partial charge on any atom is 0.212 e. The Labute approximate surface area is 63.0 Å². The SMILES string of the molecule is O=CNc1cc(Cl)ccn1. The molecule has 0 fully saturated rings. The average Bonchev–Trinajstić information content (AvgIpc) is 1.88. The second-order valence-corrected chi connectivity index (χ2v) is 2.06. The molecule has 0 spiro atoms. The van der Waals surface area contributed by atoms with E-state index < -0.39 is 0 Å². The van der Waals surface area contributed by atoms with Crippen molar-refractivity contribution in [2.24, 2.45) is 0 Å². The topological polar surface area (TPSA) is 42.0 Å². The number of nitrogens with zero attached hydrogens (tertiary/aromatic N) is 1. The molecule has 0 aliphatic rings. The van der Waals surface area contributed by atoms with Crippen LogP contribution in [-0.2, 0) is 4.79 Å². The Morgan fingerprint density at radius 2 is 2.50 bits per heavy atom. The van der Waals surface area contributed by atoms with Gasteiger partial charge in [-0.3, -0.25) is 4.79 Å². The number of pyridine rings is 1. The molecule has 0 atom stereocenters. The van der Waals surface area contributed by atoms with E-state index in [0.29, 0.717) is 17.3 Å². The van der Waals surface area contributed by atoms with Crippen molar-refractivity contribution in [3.63, 3.8) is 0 Å². The summed E-state index contributed by atoms with van der Waals surface area (Å²) in [5.74, 6) is 0.461. The predicted octanol–water partition coefficient (Wildman–Crippen LogP) is 1.30. The molecule has 0 aromatic carbocycles. The van der Waals surface area contributed by atoms with E-state index in [4.69, 9.17) is 11.6 Å². The molecule has 1 aromatic heterocycles. The molecular formula is C6H5ClN2O. The minimum atomic E-state index is 0.461. The van der Waals surface area contributed by atoms with Crippen molar-refractivity contribution in [2.45, 2.75) is 0 Å². The molecule has 1 aromatic rings. The van der Waals surface area contributed by atoms with Crippen LogP contribution in [0.3, 0.4) is 0 Å².